The van der Waals surface area contributed by atoms with Crippen LogP contribution in [-0.2, 0) is 50.1 Å². The second-order valence-corrected chi connectivity index (χ2v) is 17.4. The second kappa shape index (κ2) is 20.3. The maximum absolute atomic E-state index is 14.1. The van der Waals surface area contributed by atoms with E-state index in [1.165, 1.54) is 12.0 Å². The van der Waals surface area contributed by atoms with Crippen LogP contribution in [0.5, 0.6) is 17.2 Å². The Bertz CT molecular complexity index is 2500. The first-order valence-corrected chi connectivity index (χ1v) is 21.5. The van der Waals surface area contributed by atoms with Gasteiger partial charge in [-0.05, 0) is 103 Å². The first kappa shape index (κ1) is 48.3. The van der Waals surface area contributed by atoms with E-state index in [0.717, 1.165) is 33.4 Å². The van der Waals surface area contributed by atoms with Crippen LogP contribution in [0.25, 0.3) is 11.1 Å². The molecule has 2 amide bonds. The third-order valence-electron chi connectivity index (χ3n) is 11.8. The molecule has 0 aliphatic carbocycles. The molecule has 4 heterocycles. The number of aryl methyl sites for hydroxylation is 3. The van der Waals surface area contributed by atoms with E-state index in [2.05, 4.69) is 17.2 Å². The monoisotopic (exact) mass is 898 g/mol. The number of nitrogens with zero attached hydrogens (tertiary/aromatic N) is 2. The third-order valence-corrected chi connectivity index (χ3v) is 13.1. The molecule has 4 atom stereocenters. The molecule has 8 rings (SSSR count). The van der Waals surface area contributed by atoms with Gasteiger partial charge in [0.1, 0.15) is 11.9 Å². The number of rotatable bonds is 13. The number of methoxy groups -OCH3 is 1. The zero-order chi connectivity index (χ0) is 42.3. The van der Waals surface area contributed by atoms with E-state index in [9.17, 15) is 22.6 Å². The number of carbonyl (C=O) groups is 2. The predicted molar refractivity (Wildman–Crippen MR) is 223 cm³/mol. The minimum absolute atomic E-state index is 0. The van der Waals surface area contributed by atoms with Crippen molar-refractivity contribution in [1.82, 2.24) is 9.80 Å². The average Bonchev–Trinajstić information content (AvgIpc) is 3.83. The molecule has 4 aromatic carbocycles. The van der Waals surface area contributed by atoms with Gasteiger partial charge in [-0.25, -0.2) is 13.3 Å². The maximum Gasteiger partial charge on any atom is 1.00 e. The Morgan fingerprint density at radius 2 is 1.21 bits per heavy atom. The van der Waals surface area contributed by atoms with Crippen molar-refractivity contribution in [2.75, 3.05) is 20.3 Å². The summed E-state index contributed by atoms with van der Waals surface area (Å²) in [6, 6.07) is 21.5. The van der Waals surface area contributed by atoms with Gasteiger partial charge in [0.05, 0.1) is 47.8 Å². The molecule has 4 aromatic rings. The van der Waals surface area contributed by atoms with Gasteiger partial charge in [-0.15, -0.1) is 0 Å². The smallest absolute Gasteiger partial charge is 0.748 e. The molecule has 0 saturated carbocycles. The molecule has 13 nitrogen and oxygen atoms in total. The molecule has 0 saturated heterocycles. The molecule has 62 heavy (non-hydrogen) atoms. The van der Waals surface area contributed by atoms with Crippen LogP contribution in [0.3, 0.4) is 0 Å². The van der Waals surface area contributed by atoms with Crippen LogP contribution in [0.1, 0.15) is 78.9 Å². The van der Waals surface area contributed by atoms with Crippen LogP contribution in [0.4, 0.5) is 0 Å². The fourth-order valence-electron chi connectivity index (χ4n) is 8.60. The standard InChI is InChI=1S/C45H46N2O11S2.2Na/c1-26-6-10-29(11-7-26)33-17-37-40(56-57-58-59)20-31-21-42(41(53-4)23-36(31)45(49)46(37)24-33)55-15-5-14-54-39-19-32-22-43(60(50,51)52)38-18-34(30-12-8-27(2)9-13-30)25-47(38)44(48)35(32)16-28(39)3;;/h6-13,16,19,21,23-25,37-38,40,43,59H,5,14-15,17-18,20,22H2,1-4H3,(H,50,51,52);;/q;2*+1/p-2/t37-,38-,40?,43?;;/m0../s1. The first-order valence-electron chi connectivity index (χ1n) is 19.7. The summed E-state index contributed by atoms with van der Waals surface area (Å²) in [5, 5.41) is 3.44. The SMILES string of the molecule is COc1cc2c(cc1OCCCOc1cc3c(cc1C)C(=O)N1C=C(c4ccc(C)cc4)C[C@H]1C(S(=O)(=O)[O-])C3)CC(OOO[S-])[C@@H]1CC(c3ccc(C)cc3)=CN1C2=O.[Na+].[Na+]. The summed E-state index contributed by atoms with van der Waals surface area (Å²) in [6.45, 7) is 6.25. The summed E-state index contributed by atoms with van der Waals surface area (Å²) in [4.78, 5) is 36.7. The zero-order valence-electron chi connectivity index (χ0n) is 35.5. The van der Waals surface area contributed by atoms with Gasteiger partial charge in [-0.1, -0.05) is 64.7 Å². The average molecular weight is 899 g/mol. The minimum atomic E-state index is -4.79. The zero-order valence-corrected chi connectivity index (χ0v) is 41.2. The van der Waals surface area contributed by atoms with E-state index < -0.39 is 33.6 Å². The van der Waals surface area contributed by atoms with Crippen LogP contribution >= 0.6 is 0 Å². The quantitative estimate of drug-likeness (QED) is 0.0465. The summed E-state index contributed by atoms with van der Waals surface area (Å²) < 4.78 is 60.5. The number of carbonyl (C=O) groups excluding carboxylic acids is 2. The molecule has 4 aliphatic heterocycles. The second-order valence-electron chi connectivity index (χ2n) is 15.7. The Kier molecular flexibility index (Phi) is 15.8. The van der Waals surface area contributed by atoms with Crippen LogP contribution < -0.4 is 73.3 Å². The summed E-state index contributed by atoms with van der Waals surface area (Å²) >= 11 is 4.50. The van der Waals surface area contributed by atoms with Gasteiger partial charge in [0, 0.05) is 36.4 Å². The summed E-state index contributed by atoms with van der Waals surface area (Å²) in [6.07, 6.45) is 4.29. The van der Waals surface area contributed by atoms with Gasteiger partial charge in [-0.2, -0.15) is 0 Å². The molecular weight excluding hydrogens is 855 g/mol. The van der Waals surface area contributed by atoms with Gasteiger partial charge in [-0.3, -0.25) is 9.59 Å². The van der Waals surface area contributed by atoms with Crippen molar-refractivity contribution in [2.24, 2.45) is 0 Å². The molecule has 314 valence electrons. The van der Waals surface area contributed by atoms with Crippen LogP contribution in [0, 0.1) is 20.8 Å². The van der Waals surface area contributed by atoms with Crippen molar-refractivity contribution in [3.63, 3.8) is 0 Å². The fraction of sp³-hybridized carbons (Fsp3) is 0.333. The molecular formula is C45H44N2Na2O11S2. The van der Waals surface area contributed by atoms with E-state index in [0.29, 0.717) is 57.9 Å². The van der Waals surface area contributed by atoms with Crippen LogP contribution in [0.15, 0.2) is 85.2 Å². The molecule has 17 heteroatoms. The van der Waals surface area contributed by atoms with Crippen molar-refractivity contribution in [3.05, 3.63) is 135 Å². The van der Waals surface area contributed by atoms with Crippen molar-refractivity contribution >= 4 is 46.0 Å². The Morgan fingerprint density at radius 3 is 1.77 bits per heavy atom. The Morgan fingerprint density at radius 1 is 0.694 bits per heavy atom. The topological polar surface area (TPSA) is 153 Å². The molecule has 0 radical (unpaired) electrons. The Balaban J connectivity index is 0.00000321. The third kappa shape index (κ3) is 10.0. The molecule has 0 spiro atoms. The number of fused-ring (bicyclic) bond motifs is 4. The van der Waals surface area contributed by atoms with Crippen LogP contribution in [-0.4, -0.2) is 78.3 Å². The first-order chi connectivity index (χ1) is 28.8. The molecule has 0 N–H and O–H groups in total. The van der Waals surface area contributed by atoms with E-state index >= 15 is 0 Å². The van der Waals surface area contributed by atoms with E-state index in [-0.39, 0.29) is 103 Å². The van der Waals surface area contributed by atoms with Gasteiger partial charge in [0.2, 0.25) is 0 Å². The molecule has 0 fully saturated rings. The molecule has 4 aliphatic rings. The van der Waals surface area contributed by atoms with Gasteiger partial charge < -0.3 is 45.8 Å². The number of ether oxygens (including phenoxy) is 3. The number of hydrogen-bond acceptors (Lipinski definition) is 12. The summed E-state index contributed by atoms with van der Waals surface area (Å²) in [5.41, 5.74) is 8.45. The number of benzene rings is 4. The largest absolute Gasteiger partial charge is 1.00 e. The fourth-order valence-corrected chi connectivity index (χ4v) is 9.63. The molecule has 2 unspecified atom stereocenters. The van der Waals surface area contributed by atoms with E-state index in [1.54, 1.807) is 35.4 Å². The molecule has 0 aromatic heterocycles. The van der Waals surface area contributed by atoms with E-state index in [1.807, 2.05) is 75.5 Å². The van der Waals surface area contributed by atoms with E-state index in [4.69, 9.17) is 24.1 Å². The maximum atomic E-state index is 14.1. The predicted octanol–water partition coefficient (Wildman–Crippen LogP) is 0.724. The van der Waals surface area contributed by atoms with Crippen molar-refractivity contribution < 1.29 is 110 Å². The van der Waals surface area contributed by atoms with Crippen molar-refractivity contribution in [3.8, 4) is 17.2 Å². The number of hydrogen-bond donors (Lipinski definition) is 0. The van der Waals surface area contributed by atoms with Crippen molar-refractivity contribution in [1.29, 1.82) is 0 Å². The Hall–Kier alpha value is -3.16. The molecule has 0 bridgehead atoms. The Labute approximate surface area is 411 Å². The van der Waals surface area contributed by atoms with Gasteiger partial charge in [0.15, 0.2) is 11.5 Å². The normalized spacial score (nSPS) is 20.3. The minimum Gasteiger partial charge on any atom is -0.748 e. The summed E-state index contributed by atoms with van der Waals surface area (Å²) in [5.74, 6) is 0.693. The van der Waals surface area contributed by atoms with Crippen molar-refractivity contribution in [2.45, 2.75) is 76.3 Å². The summed E-state index contributed by atoms with van der Waals surface area (Å²) in [7, 11) is -3.28. The van der Waals surface area contributed by atoms with Gasteiger partial charge in [0.25, 0.3) is 11.8 Å². The number of amides is 2. The van der Waals surface area contributed by atoms with Crippen LogP contribution in [0.2, 0.25) is 0 Å². The van der Waals surface area contributed by atoms with Gasteiger partial charge >= 0.3 is 59.1 Å².